The Balaban J connectivity index is 2.30. The summed E-state index contributed by atoms with van der Waals surface area (Å²) in [5.41, 5.74) is 0. The third kappa shape index (κ3) is 2.90. The zero-order valence-electron chi connectivity index (χ0n) is 8.71. The molecule has 0 aromatic carbocycles. The minimum Gasteiger partial charge on any atom is -0.262 e. The van der Waals surface area contributed by atoms with Crippen LogP contribution in [0, 0.1) is 5.82 Å². The molecule has 0 aliphatic rings. The van der Waals surface area contributed by atoms with Crippen molar-refractivity contribution < 1.29 is 12.8 Å². The van der Waals surface area contributed by atoms with Gasteiger partial charge in [-0.05, 0) is 6.07 Å². The summed E-state index contributed by atoms with van der Waals surface area (Å²) in [5.74, 6) is -0.774. The molecule has 2 aromatic heterocycles. The fraction of sp³-hybridized carbons (Fsp3) is 0. The van der Waals surface area contributed by atoms with Crippen molar-refractivity contribution in [3.63, 3.8) is 0 Å². The second-order valence-corrected chi connectivity index (χ2v) is 5.24. The first kappa shape index (κ1) is 12.7. The lowest BCUT2D eigenvalue weighted by Gasteiger charge is -2.06. The van der Waals surface area contributed by atoms with E-state index in [0.29, 0.717) is 0 Å². The molecule has 0 aliphatic carbocycles. The van der Waals surface area contributed by atoms with Gasteiger partial charge in [-0.15, -0.1) is 0 Å². The highest BCUT2D eigenvalue weighted by Crippen LogP contribution is 2.14. The van der Waals surface area contributed by atoms with E-state index in [0.717, 1.165) is 24.7 Å². The molecule has 0 unspecified atom stereocenters. The van der Waals surface area contributed by atoms with Crippen molar-refractivity contribution in [2.24, 2.45) is 0 Å². The molecule has 0 amide bonds. The van der Waals surface area contributed by atoms with Crippen LogP contribution in [0.3, 0.4) is 0 Å². The number of anilines is 1. The topological polar surface area (TPSA) is 84.8 Å². The fourth-order valence-corrected chi connectivity index (χ4v) is 2.16. The number of sulfonamides is 1. The predicted octanol–water partition coefficient (Wildman–Crippen LogP) is 1.46. The van der Waals surface area contributed by atoms with Crippen molar-refractivity contribution in [1.82, 2.24) is 15.0 Å². The van der Waals surface area contributed by atoms with Crippen molar-refractivity contribution in [1.29, 1.82) is 0 Å². The molecule has 0 bridgehead atoms. The van der Waals surface area contributed by atoms with Gasteiger partial charge in [0, 0.05) is 6.20 Å². The second kappa shape index (κ2) is 4.83. The first-order valence-corrected chi connectivity index (χ1v) is 6.44. The van der Waals surface area contributed by atoms with Crippen LogP contribution < -0.4 is 4.72 Å². The van der Waals surface area contributed by atoms with Gasteiger partial charge in [-0.2, -0.15) is 0 Å². The first-order chi connectivity index (χ1) is 8.47. The van der Waals surface area contributed by atoms with Crippen LogP contribution in [-0.4, -0.2) is 23.4 Å². The van der Waals surface area contributed by atoms with Crippen LogP contribution in [0.5, 0.6) is 0 Å². The Kier molecular flexibility index (Phi) is 3.39. The van der Waals surface area contributed by atoms with Crippen LogP contribution >= 0.6 is 11.6 Å². The SMILES string of the molecule is O=S(=O)(Nc1cnc(Cl)cn1)c1cncc(F)c1. The molecule has 18 heavy (non-hydrogen) atoms. The number of nitrogens with one attached hydrogen (secondary N) is 1. The van der Waals surface area contributed by atoms with Crippen LogP contribution in [0.4, 0.5) is 10.2 Å². The van der Waals surface area contributed by atoms with Crippen LogP contribution in [0.2, 0.25) is 5.15 Å². The molecule has 0 saturated heterocycles. The zero-order valence-corrected chi connectivity index (χ0v) is 10.3. The van der Waals surface area contributed by atoms with Crippen LogP contribution in [0.1, 0.15) is 0 Å². The molecular formula is C9H6ClFN4O2S. The zero-order chi connectivity index (χ0) is 13.2. The van der Waals surface area contributed by atoms with E-state index < -0.39 is 15.8 Å². The van der Waals surface area contributed by atoms with Gasteiger partial charge < -0.3 is 0 Å². The molecule has 0 radical (unpaired) electrons. The van der Waals surface area contributed by atoms with Crippen molar-refractivity contribution in [3.8, 4) is 0 Å². The summed E-state index contributed by atoms with van der Waals surface area (Å²) in [4.78, 5) is 10.5. The predicted molar refractivity (Wildman–Crippen MR) is 62.0 cm³/mol. The second-order valence-electron chi connectivity index (χ2n) is 3.17. The van der Waals surface area contributed by atoms with Gasteiger partial charge >= 0.3 is 0 Å². The highest BCUT2D eigenvalue weighted by atomic mass is 35.5. The minimum absolute atomic E-state index is 0.0244. The molecule has 6 nitrogen and oxygen atoms in total. The lowest BCUT2D eigenvalue weighted by Crippen LogP contribution is -2.14. The maximum absolute atomic E-state index is 12.9. The number of halogens is 2. The minimum atomic E-state index is -3.95. The van der Waals surface area contributed by atoms with Gasteiger partial charge in [-0.1, -0.05) is 11.6 Å². The van der Waals surface area contributed by atoms with Gasteiger partial charge in [0.1, 0.15) is 15.9 Å². The van der Waals surface area contributed by atoms with Crippen molar-refractivity contribution >= 4 is 27.4 Å². The van der Waals surface area contributed by atoms with Crippen molar-refractivity contribution in [3.05, 3.63) is 41.8 Å². The average Bonchev–Trinajstić information content (AvgIpc) is 2.32. The van der Waals surface area contributed by atoms with E-state index in [1.165, 1.54) is 6.20 Å². The maximum atomic E-state index is 12.9. The lowest BCUT2D eigenvalue weighted by atomic mass is 10.5. The largest absolute Gasteiger partial charge is 0.264 e. The highest BCUT2D eigenvalue weighted by Gasteiger charge is 2.16. The molecule has 1 N–H and O–H groups in total. The Hall–Kier alpha value is -1.80. The first-order valence-electron chi connectivity index (χ1n) is 4.58. The molecule has 2 aromatic rings. The summed E-state index contributed by atoms with van der Waals surface area (Å²) in [5, 5.41) is 0.130. The normalized spacial score (nSPS) is 11.2. The summed E-state index contributed by atoms with van der Waals surface area (Å²) in [6.45, 7) is 0. The standard InChI is InChI=1S/C9H6ClFN4O2S/c10-8-4-14-9(5-13-8)15-18(16,17)7-1-6(11)2-12-3-7/h1-5H,(H,14,15). The summed E-state index contributed by atoms with van der Waals surface area (Å²) in [6.07, 6.45) is 4.26. The van der Waals surface area contributed by atoms with Gasteiger partial charge in [-0.25, -0.2) is 22.8 Å². The molecular weight excluding hydrogens is 283 g/mol. The third-order valence-corrected chi connectivity index (χ3v) is 3.37. The number of nitrogens with zero attached hydrogens (tertiary/aromatic N) is 3. The van der Waals surface area contributed by atoms with Crippen LogP contribution in [-0.2, 0) is 10.0 Å². The molecule has 2 heterocycles. The molecule has 2 rings (SSSR count). The van der Waals surface area contributed by atoms with E-state index in [1.807, 2.05) is 0 Å². The Morgan fingerprint density at radius 2 is 1.94 bits per heavy atom. The number of hydrogen-bond donors (Lipinski definition) is 1. The van der Waals surface area contributed by atoms with Gasteiger partial charge in [0.25, 0.3) is 10.0 Å². The van der Waals surface area contributed by atoms with Gasteiger partial charge in [-0.3, -0.25) is 9.71 Å². The van der Waals surface area contributed by atoms with Crippen molar-refractivity contribution in [2.75, 3.05) is 4.72 Å². The molecule has 0 fully saturated rings. The molecule has 0 aliphatic heterocycles. The summed E-state index contributed by atoms with van der Waals surface area (Å²) in [6, 6.07) is 0.846. The van der Waals surface area contributed by atoms with E-state index in [9.17, 15) is 12.8 Å². The number of rotatable bonds is 3. The summed E-state index contributed by atoms with van der Waals surface area (Å²) >= 11 is 5.51. The molecule has 0 saturated carbocycles. The highest BCUT2D eigenvalue weighted by molar-refractivity contribution is 7.92. The van der Waals surface area contributed by atoms with E-state index in [4.69, 9.17) is 11.6 Å². The smallest absolute Gasteiger partial charge is 0.262 e. The maximum Gasteiger partial charge on any atom is 0.264 e. The summed E-state index contributed by atoms with van der Waals surface area (Å²) in [7, 11) is -3.95. The fourth-order valence-electron chi connectivity index (χ4n) is 1.10. The Labute approximate surface area is 107 Å². The molecule has 94 valence electrons. The van der Waals surface area contributed by atoms with Crippen LogP contribution in [0.25, 0.3) is 0 Å². The van der Waals surface area contributed by atoms with E-state index in [1.54, 1.807) is 0 Å². The van der Waals surface area contributed by atoms with E-state index in [-0.39, 0.29) is 15.9 Å². The van der Waals surface area contributed by atoms with Gasteiger partial charge in [0.05, 0.1) is 18.6 Å². The van der Waals surface area contributed by atoms with Gasteiger partial charge in [0.15, 0.2) is 5.82 Å². The van der Waals surface area contributed by atoms with E-state index in [2.05, 4.69) is 19.7 Å². The average molecular weight is 289 g/mol. The van der Waals surface area contributed by atoms with Crippen molar-refractivity contribution in [2.45, 2.75) is 4.90 Å². The number of hydrogen-bond acceptors (Lipinski definition) is 5. The van der Waals surface area contributed by atoms with Crippen LogP contribution in [0.15, 0.2) is 35.7 Å². The Bertz CT molecular complexity index is 663. The van der Waals surface area contributed by atoms with E-state index >= 15 is 0 Å². The lowest BCUT2D eigenvalue weighted by molar-refractivity contribution is 0.592. The Morgan fingerprint density at radius 3 is 2.56 bits per heavy atom. The molecule has 9 heteroatoms. The number of pyridine rings is 1. The molecule has 0 atom stereocenters. The summed E-state index contributed by atoms with van der Waals surface area (Å²) < 4.78 is 38.7. The molecule has 0 spiro atoms. The Morgan fingerprint density at radius 1 is 1.17 bits per heavy atom. The third-order valence-electron chi connectivity index (χ3n) is 1.85. The quantitative estimate of drug-likeness (QED) is 0.924. The van der Waals surface area contributed by atoms with Gasteiger partial charge in [0.2, 0.25) is 0 Å². The number of aromatic nitrogens is 3. The monoisotopic (exact) mass is 288 g/mol.